The van der Waals surface area contributed by atoms with Crippen molar-refractivity contribution in [2.45, 2.75) is 48.0 Å². The summed E-state index contributed by atoms with van der Waals surface area (Å²) in [5.74, 6) is 2.85. The van der Waals surface area contributed by atoms with E-state index in [0.717, 1.165) is 40.3 Å². The molecule has 3 nitrogen and oxygen atoms in total. The average molecular weight is 387 g/mol. The third-order valence-corrected chi connectivity index (χ3v) is 5.95. The third kappa shape index (κ3) is 2.75. The predicted molar refractivity (Wildman–Crippen MR) is 118 cm³/mol. The highest BCUT2D eigenvalue weighted by molar-refractivity contribution is 6.07. The van der Waals surface area contributed by atoms with Crippen LogP contribution in [-0.2, 0) is 13.5 Å². The maximum Gasteiger partial charge on any atom is 0.257 e. The SMILES string of the molecule is Cc1cc2c3c(c(C)c(C)cc3c1)-c1c(c3cc(CC(C)(C)C)oc3c[n+]1C)O2. The molecule has 0 bridgehead atoms. The van der Waals surface area contributed by atoms with Crippen LogP contribution in [0, 0.1) is 26.2 Å². The number of hydrogen-bond acceptors (Lipinski definition) is 2. The zero-order chi connectivity index (χ0) is 20.7. The summed E-state index contributed by atoms with van der Waals surface area (Å²) in [6.07, 6.45) is 2.99. The minimum Gasteiger partial charge on any atom is -0.455 e. The van der Waals surface area contributed by atoms with Crippen LogP contribution in [0.15, 0.2) is 34.9 Å². The Morgan fingerprint density at radius 3 is 2.48 bits per heavy atom. The van der Waals surface area contributed by atoms with Crippen molar-refractivity contribution in [3.05, 3.63) is 52.9 Å². The number of hydrogen-bond donors (Lipinski definition) is 0. The second-order valence-electron chi connectivity index (χ2n) is 9.80. The van der Waals surface area contributed by atoms with Crippen molar-refractivity contribution in [3.63, 3.8) is 0 Å². The second kappa shape index (κ2) is 5.85. The van der Waals surface area contributed by atoms with Crippen LogP contribution < -0.4 is 9.30 Å². The minimum atomic E-state index is 0.167. The summed E-state index contributed by atoms with van der Waals surface area (Å²) >= 11 is 0. The number of furan rings is 1. The summed E-state index contributed by atoms with van der Waals surface area (Å²) in [4.78, 5) is 0. The van der Waals surface area contributed by atoms with Gasteiger partial charge in [-0.3, -0.25) is 0 Å². The summed E-state index contributed by atoms with van der Waals surface area (Å²) in [6, 6.07) is 8.85. The maximum atomic E-state index is 6.58. The first kappa shape index (κ1) is 18.2. The van der Waals surface area contributed by atoms with Gasteiger partial charge in [0.25, 0.3) is 5.69 Å². The van der Waals surface area contributed by atoms with Gasteiger partial charge in [0, 0.05) is 11.8 Å². The maximum absolute atomic E-state index is 6.58. The number of pyridine rings is 1. The van der Waals surface area contributed by atoms with Crippen LogP contribution in [0.3, 0.4) is 0 Å². The van der Waals surface area contributed by atoms with Crippen molar-refractivity contribution in [3.8, 4) is 22.8 Å². The fourth-order valence-corrected chi connectivity index (χ4v) is 4.64. The molecular weight excluding hydrogens is 358 g/mol. The molecule has 1 aliphatic heterocycles. The molecule has 1 aliphatic rings. The highest BCUT2D eigenvalue weighted by Crippen LogP contribution is 2.50. The lowest BCUT2D eigenvalue weighted by Gasteiger charge is -2.22. The predicted octanol–water partition coefficient (Wildman–Crippen LogP) is 6.70. The monoisotopic (exact) mass is 386 g/mol. The number of fused-ring (bicyclic) bond motifs is 4. The summed E-state index contributed by atoms with van der Waals surface area (Å²) in [5.41, 5.74) is 7.27. The molecule has 2 aromatic heterocycles. The van der Waals surface area contributed by atoms with Crippen LogP contribution in [0.5, 0.6) is 11.5 Å². The lowest BCUT2D eigenvalue weighted by molar-refractivity contribution is -0.659. The van der Waals surface area contributed by atoms with Crippen molar-refractivity contribution in [2.75, 3.05) is 0 Å². The molecule has 29 heavy (non-hydrogen) atoms. The molecule has 2 aromatic carbocycles. The number of aromatic nitrogens is 1. The Balaban J connectivity index is 1.87. The van der Waals surface area contributed by atoms with Crippen LogP contribution in [-0.4, -0.2) is 0 Å². The average Bonchev–Trinajstić information content (AvgIpc) is 2.98. The Hall–Kier alpha value is -2.81. The summed E-state index contributed by atoms with van der Waals surface area (Å²) in [7, 11) is 2.08. The molecule has 148 valence electrons. The molecule has 0 saturated carbocycles. The molecule has 5 rings (SSSR count). The van der Waals surface area contributed by atoms with E-state index >= 15 is 0 Å². The minimum absolute atomic E-state index is 0.167. The molecule has 4 aromatic rings. The van der Waals surface area contributed by atoms with Crippen molar-refractivity contribution < 1.29 is 13.7 Å². The van der Waals surface area contributed by atoms with Gasteiger partial charge in [-0.05, 0) is 60.4 Å². The van der Waals surface area contributed by atoms with E-state index in [4.69, 9.17) is 9.15 Å². The van der Waals surface area contributed by atoms with Crippen LogP contribution in [0.4, 0.5) is 0 Å². The molecule has 0 radical (unpaired) electrons. The summed E-state index contributed by atoms with van der Waals surface area (Å²) < 4.78 is 15.0. The molecule has 0 amide bonds. The molecule has 0 saturated heterocycles. The summed E-state index contributed by atoms with van der Waals surface area (Å²) in [5, 5.41) is 3.50. The van der Waals surface area contributed by atoms with E-state index in [2.05, 4.69) is 83.6 Å². The number of aryl methyl sites for hydroxylation is 3. The van der Waals surface area contributed by atoms with Crippen molar-refractivity contribution in [1.29, 1.82) is 0 Å². The van der Waals surface area contributed by atoms with Gasteiger partial charge in [-0.1, -0.05) is 32.9 Å². The molecule has 0 aliphatic carbocycles. The zero-order valence-corrected chi connectivity index (χ0v) is 18.4. The normalized spacial score (nSPS) is 13.1. The quantitative estimate of drug-likeness (QED) is 0.300. The Bertz CT molecular complexity index is 1320. The first-order valence-electron chi connectivity index (χ1n) is 10.3. The van der Waals surface area contributed by atoms with Crippen molar-refractivity contribution >= 4 is 21.7 Å². The number of ether oxygens (including phenoxy) is 1. The lowest BCUT2D eigenvalue weighted by Crippen LogP contribution is -2.32. The molecule has 0 fully saturated rings. The fraction of sp³-hybridized carbons (Fsp3) is 0.346. The standard InChI is InChI=1S/C26H28NO2/c1-14-8-17-10-15(2)16(3)22-23(17)20(9-14)29-25-19-11-18(12-26(4,5)6)28-21(19)13-27(7)24(22)25/h8-11,13H,12H2,1-7H3/q+1. The van der Waals surface area contributed by atoms with Gasteiger partial charge < -0.3 is 9.15 Å². The van der Waals surface area contributed by atoms with Crippen molar-refractivity contribution in [1.82, 2.24) is 0 Å². The summed E-state index contributed by atoms with van der Waals surface area (Å²) in [6.45, 7) is 13.2. The fourth-order valence-electron chi connectivity index (χ4n) is 4.64. The Labute approximate surface area is 171 Å². The van der Waals surface area contributed by atoms with Crippen LogP contribution in [0.25, 0.3) is 33.0 Å². The van der Waals surface area contributed by atoms with Gasteiger partial charge in [-0.25, -0.2) is 0 Å². The van der Waals surface area contributed by atoms with E-state index in [1.807, 2.05) is 0 Å². The number of benzene rings is 2. The molecule has 3 heteroatoms. The zero-order valence-electron chi connectivity index (χ0n) is 18.4. The Morgan fingerprint density at radius 2 is 1.76 bits per heavy atom. The topological polar surface area (TPSA) is 26.2 Å². The molecule has 3 heterocycles. The van der Waals surface area contributed by atoms with Gasteiger partial charge in [0.2, 0.25) is 17.5 Å². The Kier molecular flexibility index (Phi) is 3.68. The first-order chi connectivity index (χ1) is 13.6. The molecule has 0 spiro atoms. The van der Waals surface area contributed by atoms with Gasteiger partial charge in [0.05, 0.1) is 10.9 Å². The molecule has 0 N–H and O–H groups in total. The van der Waals surface area contributed by atoms with E-state index < -0.39 is 0 Å². The number of nitrogens with zero attached hydrogens (tertiary/aromatic N) is 1. The molecule has 0 unspecified atom stereocenters. The van der Waals surface area contributed by atoms with Gasteiger partial charge in [-0.15, -0.1) is 0 Å². The van der Waals surface area contributed by atoms with E-state index in [-0.39, 0.29) is 5.41 Å². The second-order valence-corrected chi connectivity index (χ2v) is 9.80. The van der Waals surface area contributed by atoms with Gasteiger partial charge in [0.1, 0.15) is 18.6 Å². The lowest BCUT2D eigenvalue weighted by atomic mass is 9.89. The number of rotatable bonds is 1. The largest absolute Gasteiger partial charge is 0.455 e. The third-order valence-electron chi connectivity index (χ3n) is 5.95. The van der Waals surface area contributed by atoms with Gasteiger partial charge >= 0.3 is 0 Å². The van der Waals surface area contributed by atoms with Crippen molar-refractivity contribution in [2.24, 2.45) is 12.5 Å². The van der Waals surface area contributed by atoms with Crippen LogP contribution in [0.2, 0.25) is 0 Å². The van der Waals surface area contributed by atoms with Crippen LogP contribution in [0.1, 0.15) is 43.2 Å². The van der Waals surface area contributed by atoms with Gasteiger partial charge in [0.15, 0.2) is 0 Å². The van der Waals surface area contributed by atoms with E-state index in [0.29, 0.717) is 0 Å². The smallest absolute Gasteiger partial charge is 0.257 e. The van der Waals surface area contributed by atoms with E-state index in [9.17, 15) is 0 Å². The molecular formula is C26H28NO2+. The van der Waals surface area contributed by atoms with Crippen LogP contribution >= 0.6 is 0 Å². The highest BCUT2D eigenvalue weighted by atomic mass is 16.5. The first-order valence-corrected chi connectivity index (χ1v) is 10.3. The van der Waals surface area contributed by atoms with E-state index in [1.165, 1.54) is 33.0 Å². The Morgan fingerprint density at radius 1 is 1.00 bits per heavy atom. The molecule has 0 atom stereocenters. The highest BCUT2D eigenvalue weighted by Gasteiger charge is 2.33. The van der Waals surface area contributed by atoms with E-state index in [1.54, 1.807) is 0 Å². The van der Waals surface area contributed by atoms with Gasteiger partial charge in [-0.2, -0.15) is 4.57 Å².